The van der Waals surface area contributed by atoms with Crippen molar-refractivity contribution in [3.63, 3.8) is 0 Å². The van der Waals surface area contributed by atoms with Gasteiger partial charge in [-0.3, -0.25) is 14.5 Å². The van der Waals surface area contributed by atoms with Gasteiger partial charge in [0.25, 0.3) is 0 Å². The molecule has 0 radical (unpaired) electrons. The largest absolute Gasteiger partial charge is 0.480 e. The Bertz CT molecular complexity index is 528. The molecule has 2 atom stereocenters. The van der Waals surface area contributed by atoms with Crippen molar-refractivity contribution in [2.75, 3.05) is 14.1 Å². The van der Waals surface area contributed by atoms with Crippen LogP contribution in [0.5, 0.6) is 0 Å². The molecule has 1 amide bonds. The van der Waals surface area contributed by atoms with E-state index in [2.05, 4.69) is 0 Å². The number of carbonyl (C=O) groups excluding carboxylic acids is 1. The third-order valence-electron chi connectivity index (χ3n) is 3.87. The molecule has 5 heteroatoms. The summed E-state index contributed by atoms with van der Waals surface area (Å²) in [7, 11) is 3.37. The van der Waals surface area contributed by atoms with Crippen molar-refractivity contribution in [3.8, 4) is 0 Å². The molecule has 108 valence electrons. The first-order chi connectivity index (χ1) is 9.41. The van der Waals surface area contributed by atoms with Gasteiger partial charge in [0.2, 0.25) is 5.91 Å². The molecule has 0 aromatic heterocycles. The maximum atomic E-state index is 12.1. The minimum absolute atomic E-state index is 0.0735. The van der Waals surface area contributed by atoms with E-state index in [1.807, 2.05) is 24.3 Å². The van der Waals surface area contributed by atoms with Gasteiger partial charge in [0.15, 0.2) is 0 Å². The number of fused-ring (bicyclic) bond motifs is 1. The summed E-state index contributed by atoms with van der Waals surface area (Å²) >= 11 is 0. The van der Waals surface area contributed by atoms with Gasteiger partial charge in [0.05, 0.1) is 6.04 Å². The van der Waals surface area contributed by atoms with E-state index >= 15 is 0 Å². The highest BCUT2D eigenvalue weighted by atomic mass is 16.4. The molecule has 1 N–H and O–H groups in total. The van der Waals surface area contributed by atoms with Gasteiger partial charge in [-0.05, 0) is 24.5 Å². The van der Waals surface area contributed by atoms with Crippen LogP contribution in [0.1, 0.15) is 18.1 Å². The first-order valence-electron chi connectivity index (χ1n) is 6.68. The van der Waals surface area contributed by atoms with Crippen LogP contribution in [0, 0.1) is 0 Å². The number of nitrogens with zero attached hydrogens (tertiary/aromatic N) is 2. The molecule has 0 spiro atoms. The van der Waals surface area contributed by atoms with Crippen LogP contribution in [-0.4, -0.2) is 53.0 Å². The van der Waals surface area contributed by atoms with E-state index in [4.69, 9.17) is 0 Å². The molecule has 1 aromatic carbocycles. The van der Waals surface area contributed by atoms with E-state index in [0.717, 1.165) is 11.1 Å². The highest BCUT2D eigenvalue weighted by Crippen LogP contribution is 2.25. The number of carboxylic acids is 1. The van der Waals surface area contributed by atoms with Gasteiger partial charge in [0, 0.05) is 20.6 Å². The summed E-state index contributed by atoms with van der Waals surface area (Å²) in [5, 5.41) is 9.44. The second kappa shape index (κ2) is 5.63. The summed E-state index contributed by atoms with van der Waals surface area (Å²) in [5.41, 5.74) is 2.16. The topological polar surface area (TPSA) is 60.9 Å². The third kappa shape index (κ3) is 2.67. The molecular weight excluding hydrogens is 256 g/mol. The van der Waals surface area contributed by atoms with Crippen LogP contribution in [0.3, 0.4) is 0 Å². The summed E-state index contributed by atoms with van der Waals surface area (Å²) in [5.74, 6) is -0.950. The zero-order valence-corrected chi connectivity index (χ0v) is 12.0. The van der Waals surface area contributed by atoms with Crippen LogP contribution in [0.25, 0.3) is 0 Å². The van der Waals surface area contributed by atoms with Gasteiger partial charge in [-0.15, -0.1) is 0 Å². The van der Waals surface area contributed by atoms with E-state index in [0.29, 0.717) is 13.0 Å². The summed E-state index contributed by atoms with van der Waals surface area (Å²) in [6, 6.07) is 6.72. The molecular formula is C15H20N2O3. The maximum Gasteiger partial charge on any atom is 0.321 e. The number of hydrogen-bond donors (Lipinski definition) is 1. The van der Waals surface area contributed by atoms with Crippen molar-refractivity contribution in [1.29, 1.82) is 0 Å². The molecule has 5 nitrogen and oxygen atoms in total. The number of carboxylic acid groups (broad SMARTS) is 1. The number of hydrogen-bond acceptors (Lipinski definition) is 3. The average molecular weight is 276 g/mol. The fourth-order valence-corrected chi connectivity index (χ4v) is 2.69. The molecule has 0 fully saturated rings. The number of benzene rings is 1. The molecule has 2 rings (SSSR count). The van der Waals surface area contributed by atoms with Crippen molar-refractivity contribution in [1.82, 2.24) is 9.80 Å². The highest BCUT2D eigenvalue weighted by Gasteiger charge is 2.36. The first kappa shape index (κ1) is 14.5. The molecule has 2 unspecified atom stereocenters. The second-order valence-electron chi connectivity index (χ2n) is 5.41. The Kier molecular flexibility index (Phi) is 4.09. The smallest absolute Gasteiger partial charge is 0.321 e. The molecule has 1 heterocycles. The Balaban J connectivity index is 2.31. The molecule has 1 aliphatic heterocycles. The Labute approximate surface area is 118 Å². The van der Waals surface area contributed by atoms with Crippen molar-refractivity contribution in [3.05, 3.63) is 35.4 Å². The van der Waals surface area contributed by atoms with Crippen LogP contribution in [0.15, 0.2) is 24.3 Å². The lowest BCUT2D eigenvalue weighted by Gasteiger charge is -2.38. The first-order valence-corrected chi connectivity index (χ1v) is 6.68. The highest BCUT2D eigenvalue weighted by molar-refractivity contribution is 5.82. The molecule has 20 heavy (non-hydrogen) atoms. The summed E-state index contributed by atoms with van der Waals surface area (Å²) in [6.07, 6.45) is 0.441. The van der Waals surface area contributed by atoms with Crippen LogP contribution >= 0.6 is 0 Å². The van der Waals surface area contributed by atoms with Gasteiger partial charge in [-0.25, -0.2) is 0 Å². The van der Waals surface area contributed by atoms with Crippen LogP contribution in [0.2, 0.25) is 0 Å². The third-order valence-corrected chi connectivity index (χ3v) is 3.87. The molecule has 0 aliphatic carbocycles. The van der Waals surface area contributed by atoms with Crippen LogP contribution < -0.4 is 0 Å². The zero-order chi connectivity index (χ0) is 14.9. The SMILES string of the molecule is CC(C(=O)N(C)C)N1Cc2ccccc2CC1C(=O)O. The average Bonchev–Trinajstić information content (AvgIpc) is 2.44. The van der Waals surface area contributed by atoms with Gasteiger partial charge in [0.1, 0.15) is 6.04 Å². The Morgan fingerprint density at radius 1 is 1.30 bits per heavy atom. The van der Waals surface area contributed by atoms with Gasteiger partial charge in [-0.1, -0.05) is 24.3 Å². The van der Waals surface area contributed by atoms with E-state index < -0.39 is 18.1 Å². The van der Waals surface area contributed by atoms with Crippen LogP contribution in [0.4, 0.5) is 0 Å². The predicted octanol–water partition coefficient (Wildman–Crippen LogP) is 0.975. The van der Waals surface area contributed by atoms with Gasteiger partial charge >= 0.3 is 5.97 Å². The Morgan fingerprint density at radius 2 is 1.90 bits per heavy atom. The van der Waals surface area contributed by atoms with E-state index in [1.54, 1.807) is 25.9 Å². The predicted molar refractivity (Wildman–Crippen MR) is 75.3 cm³/mol. The van der Waals surface area contributed by atoms with E-state index in [1.165, 1.54) is 4.90 Å². The minimum atomic E-state index is -0.877. The molecule has 0 saturated carbocycles. The lowest BCUT2D eigenvalue weighted by molar-refractivity contribution is -0.147. The van der Waals surface area contributed by atoms with Crippen molar-refractivity contribution in [2.24, 2.45) is 0 Å². The molecule has 0 saturated heterocycles. The summed E-state index contributed by atoms with van der Waals surface area (Å²) < 4.78 is 0. The molecule has 0 bridgehead atoms. The van der Waals surface area contributed by atoms with E-state index in [9.17, 15) is 14.7 Å². The number of aliphatic carboxylic acids is 1. The number of amides is 1. The lowest BCUT2D eigenvalue weighted by atomic mass is 9.92. The van der Waals surface area contributed by atoms with Gasteiger partial charge in [-0.2, -0.15) is 0 Å². The van der Waals surface area contributed by atoms with Gasteiger partial charge < -0.3 is 10.0 Å². The quantitative estimate of drug-likeness (QED) is 0.894. The normalized spacial score (nSPS) is 20.1. The zero-order valence-electron chi connectivity index (χ0n) is 12.0. The summed E-state index contributed by atoms with van der Waals surface area (Å²) in [6.45, 7) is 2.26. The monoisotopic (exact) mass is 276 g/mol. The van der Waals surface area contributed by atoms with E-state index in [-0.39, 0.29) is 5.91 Å². The Morgan fingerprint density at radius 3 is 2.45 bits per heavy atom. The maximum absolute atomic E-state index is 12.1. The summed E-state index contributed by atoms with van der Waals surface area (Å²) in [4.78, 5) is 26.9. The molecule has 1 aromatic rings. The standard InChI is InChI=1S/C15H20N2O3/c1-10(14(18)16(2)3)17-9-12-7-5-4-6-11(12)8-13(17)15(19)20/h4-7,10,13H,8-9H2,1-3H3,(H,19,20). The van der Waals surface area contributed by atoms with Crippen molar-refractivity contribution < 1.29 is 14.7 Å². The van der Waals surface area contributed by atoms with Crippen molar-refractivity contribution in [2.45, 2.75) is 32.0 Å². The lowest BCUT2D eigenvalue weighted by Crippen LogP contribution is -2.54. The second-order valence-corrected chi connectivity index (χ2v) is 5.41. The fourth-order valence-electron chi connectivity index (χ4n) is 2.69. The van der Waals surface area contributed by atoms with Crippen LogP contribution in [-0.2, 0) is 22.6 Å². The Hall–Kier alpha value is -1.88. The molecule has 1 aliphatic rings. The number of rotatable bonds is 3. The minimum Gasteiger partial charge on any atom is -0.480 e. The van der Waals surface area contributed by atoms with Crippen molar-refractivity contribution >= 4 is 11.9 Å². The number of likely N-dealkylation sites (N-methyl/N-ethyl adjacent to an activating group) is 1. The number of carbonyl (C=O) groups is 2. The fraction of sp³-hybridized carbons (Fsp3) is 0.467.